The summed E-state index contributed by atoms with van der Waals surface area (Å²) in [5.41, 5.74) is 1.96. The standard InChI is InChI=1S/C15H11NO3S/c1-18-12-4-2-3-11(8-12)14-16-13(15(17)19-14)7-10-5-6-20-9-10/h2-9H,1H3. The molecule has 1 aromatic carbocycles. The number of rotatable bonds is 3. The summed E-state index contributed by atoms with van der Waals surface area (Å²) in [7, 11) is 1.59. The summed E-state index contributed by atoms with van der Waals surface area (Å²) in [6, 6.07) is 9.17. The molecular weight excluding hydrogens is 274 g/mol. The van der Waals surface area contributed by atoms with E-state index in [9.17, 15) is 4.79 Å². The number of carbonyl (C=O) groups excluding carboxylic acids is 1. The van der Waals surface area contributed by atoms with Crippen LogP contribution in [-0.4, -0.2) is 19.0 Å². The Morgan fingerprint density at radius 1 is 1.35 bits per heavy atom. The van der Waals surface area contributed by atoms with Gasteiger partial charge in [0, 0.05) is 5.56 Å². The van der Waals surface area contributed by atoms with E-state index in [2.05, 4.69) is 4.99 Å². The summed E-state index contributed by atoms with van der Waals surface area (Å²) in [5, 5.41) is 3.89. The van der Waals surface area contributed by atoms with E-state index in [0.717, 1.165) is 5.56 Å². The molecule has 0 saturated carbocycles. The Morgan fingerprint density at radius 2 is 2.25 bits per heavy atom. The number of carbonyl (C=O) groups is 1. The van der Waals surface area contributed by atoms with E-state index < -0.39 is 5.97 Å². The molecule has 5 heteroatoms. The molecule has 0 saturated heterocycles. The molecule has 100 valence electrons. The Kier molecular flexibility index (Phi) is 3.35. The molecule has 0 aliphatic carbocycles. The lowest BCUT2D eigenvalue weighted by Gasteiger charge is -2.02. The quantitative estimate of drug-likeness (QED) is 0.643. The van der Waals surface area contributed by atoms with Crippen LogP contribution >= 0.6 is 11.3 Å². The molecule has 0 N–H and O–H groups in total. The molecular formula is C15H11NO3S. The maximum absolute atomic E-state index is 11.8. The van der Waals surface area contributed by atoms with Crippen molar-refractivity contribution in [1.82, 2.24) is 0 Å². The average molecular weight is 285 g/mol. The second-order valence-electron chi connectivity index (χ2n) is 4.12. The van der Waals surface area contributed by atoms with E-state index in [0.29, 0.717) is 22.9 Å². The number of nitrogens with zero attached hydrogens (tertiary/aromatic N) is 1. The van der Waals surface area contributed by atoms with Gasteiger partial charge in [0.2, 0.25) is 5.90 Å². The molecule has 0 unspecified atom stereocenters. The zero-order valence-electron chi connectivity index (χ0n) is 10.7. The van der Waals surface area contributed by atoms with Crippen molar-refractivity contribution in [1.29, 1.82) is 0 Å². The lowest BCUT2D eigenvalue weighted by molar-refractivity contribution is -0.129. The largest absolute Gasteiger partial charge is 0.497 e. The number of cyclic esters (lactones) is 1. The minimum atomic E-state index is -0.436. The molecule has 0 atom stereocenters. The van der Waals surface area contributed by atoms with Crippen LogP contribution in [0.2, 0.25) is 0 Å². The Bertz CT molecular complexity index is 702. The summed E-state index contributed by atoms with van der Waals surface area (Å²) >= 11 is 1.56. The third-order valence-corrected chi connectivity index (χ3v) is 3.49. The summed E-state index contributed by atoms with van der Waals surface area (Å²) in [6.07, 6.45) is 1.71. The summed E-state index contributed by atoms with van der Waals surface area (Å²) < 4.78 is 10.3. The van der Waals surface area contributed by atoms with Gasteiger partial charge in [-0.2, -0.15) is 11.3 Å². The second-order valence-corrected chi connectivity index (χ2v) is 4.90. The number of hydrogen-bond donors (Lipinski definition) is 0. The zero-order chi connectivity index (χ0) is 13.9. The smallest absolute Gasteiger partial charge is 0.363 e. The van der Waals surface area contributed by atoms with Crippen LogP contribution in [0.15, 0.2) is 51.8 Å². The number of aliphatic imine (C=N–C) groups is 1. The van der Waals surface area contributed by atoms with Gasteiger partial charge in [-0.1, -0.05) is 6.07 Å². The highest BCUT2D eigenvalue weighted by atomic mass is 32.1. The average Bonchev–Trinajstić information content (AvgIpc) is 3.10. The van der Waals surface area contributed by atoms with Crippen molar-refractivity contribution >= 4 is 29.3 Å². The highest BCUT2D eigenvalue weighted by Gasteiger charge is 2.24. The highest BCUT2D eigenvalue weighted by molar-refractivity contribution is 7.08. The molecule has 3 rings (SSSR count). The first kappa shape index (κ1) is 12.6. The van der Waals surface area contributed by atoms with Crippen LogP contribution in [0.5, 0.6) is 5.75 Å². The first-order chi connectivity index (χ1) is 9.76. The van der Waals surface area contributed by atoms with E-state index in [4.69, 9.17) is 9.47 Å². The molecule has 1 aliphatic heterocycles. The number of methoxy groups -OCH3 is 1. The molecule has 1 aliphatic rings. The van der Waals surface area contributed by atoms with Crippen molar-refractivity contribution in [3.63, 3.8) is 0 Å². The molecule has 0 radical (unpaired) electrons. The van der Waals surface area contributed by atoms with Gasteiger partial charge < -0.3 is 9.47 Å². The molecule has 0 amide bonds. The van der Waals surface area contributed by atoms with Gasteiger partial charge in [-0.05, 0) is 46.7 Å². The Balaban J connectivity index is 1.93. The Hall–Kier alpha value is -2.40. The van der Waals surface area contributed by atoms with Gasteiger partial charge in [-0.15, -0.1) is 0 Å². The minimum absolute atomic E-state index is 0.301. The van der Waals surface area contributed by atoms with Gasteiger partial charge in [0.1, 0.15) is 5.75 Å². The van der Waals surface area contributed by atoms with Crippen LogP contribution < -0.4 is 4.74 Å². The maximum Gasteiger partial charge on any atom is 0.363 e. The first-order valence-corrected chi connectivity index (χ1v) is 6.90. The van der Waals surface area contributed by atoms with Crippen LogP contribution in [0.25, 0.3) is 6.08 Å². The summed E-state index contributed by atoms with van der Waals surface area (Å²) in [4.78, 5) is 16.1. The SMILES string of the molecule is COc1cccc(C2=NC(=Cc3ccsc3)C(=O)O2)c1. The van der Waals surface area contributed by atoms with E-state index in [1.54, 1.807) is 30.6 Å². The third kappa shape index (κ3) is 2.48. The van der Waals surface area contributed by atoms with Crippen LogP contribution in [0.4, 0.5) is 0 Å². The third-order valence-electron chi connectivity index (χ3n) is 2.78. The molecule has 2 aromatic rings. The van der Waals surface area contributed by atoms with Crippen LogP contribution in [0.1, 0.15) is 11.1 Å². The fourth-order valence-corrected chi connectivity index (χ4v) is 2.42. The van der Waals surface area contributed by atoms with E-state index in [1.807, 2.05) is 35.0 Å². The van der Waals surface area contributed by atoms with Crippen molar-refractivity contribution < 1.29 is 14.3 Å². The van der Waals surface area contributed by atoms with Gasteiger partial charge in [0.05, 0.1) is 7.11 Å². The van der Waals surface area contributed by atoms with Gasteiger partial charge in [0.15, 0.2) is 5.70 Å². The van der Waals surface area contributed by atoms with Crippen molar-refractivity contribution in [3.8, 4) is 5.75 Å². The Morgan fingerprint density at radius 3 is 3.00 bits per heavy atom. The van der Waals surface area contributed by atoms with Gasteiger partial charge >= 0.3 is 5.97 Å². The fourth-order valence-electron chi connectivity index (χ4n) is 1.80. The lowest BCUT2D eigenvalue weighted by Crippen LogP contribution is -2.05. The van der Waals surface area contributed by atoms with Crippen LogP contribution in [0.3, 0.4) is 0 Å². The van der Waals surface area contributed by atoms with Crippen molar-refractivity contribution in [2.24, 2.45) is 4.99 Å². The van der Waals surface area contributed by atoms with E-state index in [-0.39, 0.29) is 0 Å². The number of thiophene rings is 1. The summed E-state index contributed by atoms with van der Waals surface area (Å²) in [5.74, 6) is 0.556. The van der Waals surface area contributed by atoms with Gasteiger partial charge in [0.25, 0.3) is 0 Å². The number of ether oxygens (including phenoxy) is 2. The minimum Gasteiger partial charge on any atom is -0.497 e. The molecule has 20 heavy (non-hydrogen) atoms. The van der Waals surface area contributed by atoms with E-state index >= 15 is 0 Å². The molecule has 0 bridgehead atoms. The topological polar surface area (TPSA) is 47.9 Å². The second kappa shape index (κ2) is 5.30. The Labute approximate surface area is 120 Å². The number of benzene rings is 1. The number of hydrogen-bond acceptors (Lipinski definition) is 5. The molecule has 0 spiro atoms. The molecule has 2 heterocycles. The highest BCUT2D eigenvalue weighted by Crippen LogP contribution is 2.22. The molecule has 4 nitrogen and oxygen atoms in total. The van der Waals surface area contributed by atoms with Crippen molar-refractivity contribution in [2.75, 3.05) is 7.11 Å². The fraction of sp³-hybridized carbons (Fsp3) is 0.0667. The first-order valence-electron chi connectivity index (χ1n) is 5.95. The van der Waals surface area contributed by atoms with E-state index in [1.165, 1.54) is 0 Å². The number of esters is 1. The molecule has 0 fully saturated rings. The molecule has 1 aromatic heterocycles. The summed E-state index contributed by atoms with van der Waals surface area (Å²) in [6.45, 7) is 0. The van der Waals surface area contributed by atoms with Gasteiger partial charge in [-0.25, -0.2) is 9.79 Å². The predicted molar refractivity (Wildman–Crippen MR) is 77.9 cm³/mol. The lowest BCUT2D eigenvalue weighted by atomic mass is 10.2. The predicted octanol–water partition coefficient (Wildman–Crippen LogP) is 3.10. The zero-order valence-corrected chi connectivity index (χ0v) is 11.5. The maximum atomic E-state index is 11.8. The van der Waals surface area contributed by atoms with Crippen molar-refractivity contribution in [3.05, 3.63) is 57.9 Å². The van der Waals surface area contributed by atoms with Crippen molar-refractivity contribution in [2.45, 2.75) is 0 Å². The monoisotopic (exact) mass is 285 g/mol. The van der Waals surface area contributed by atoms with Crippen LogP contribution in [-0.2, 0) is 9.53 Å². The van der Waals surface area contributed by atoms with Crippen LogP contribution in [0, 0.1) is 0 Å². The van der Waals surface area contributed by atoms with Gasteiger partial charge in [-0.3, -0.25) is 0 Å². The normalized spacial score (nSPS) is 16.1.